The molecule has 0 heterocycles. The summed E-state index contributed by atoms with van der Waals surface area (Å²) in [6, 6.07) is 0. The van der Waals surface area contributed by atoms with Gasteiger partial charge in [0.2, 0.25) is 0 Å². The fourth-order valence-electron chi connectivity index (χ4n) is 1.10. The molecule has 0 aromatic carbocycles. The Kier molecular flexibility index (Phi) is 20.1. The van der Waals surface area contributed by atoms with Crippen molar-refractivity contribution in [3.05, 3.63) is 0 Å². The van der Waals surface area contributed by atoms with Crippen LogP contribution in [0, 0.1) is 0 Å². The fourth-order valence-corrected chi connectivity index (χ4v) is 1.10. The molecule has 0 aliphatic heterocycles. The first-order chi connectivity index (χ1) is 9.25. The summed E-state index contributed by atoms with van der Waals surface area (Å²) < 4.78 is 0. The van der Waals surface area contributed by atoms with E-state index in [9.17, 15) is 19.2 Å². The summed E-state index contributed by atoms with van der Waals surface area (Å²) in [5, 5.41) is 32.5. The molecule has 4 N–H and O–H groups in total. The summed E-state index contributed by atoms with van der Waals surface area (Å²) in [6.45, 7) is 0. The van der Waals surface area contributed by atoms with E-state index in [0.717, 1.165) is 0 Å². The number of rotatable bonds is 10. The number of carbonyl (C=O) groups is 4. The predicted molar refractivity (Wildman–Crippen MR) is 74.6 cm³/mol. The molecular weight excluding hydrogens is 295 g/mol. The molecule has 0 aliphatic carbocycles. The zero-order valence-electron chi connectivity index (χ0n) is 11.1. The molecule has 8 nitrogen and oxygen atoms in total. The molecule has 0 aliphatic rings. The van der Waals surface area contributed by atoms with E-state index in [-0.39, 0.29) is 55.2 Å². The Labute approximate surface area is 144 Å². The van der Waals surface area contributed by atoms with Gasteiger partial charge in [-0.15, -0.1) is 0 Å². The van der Waals surface area contributed by atoms with E-state index < -0.39 is 23.9 Å². The Hall–Kier alpha value is -1.12. The zero-order valence-corrected chi connectivity index (χ0v) is 11.1. The molecule has 0 aromatic rings. The van der Waals surface area contributed by atoms with Crippen LogP contribution in [0.2, 0.25) is 0 Å². The fraction of sp³-hybridized carbons (Fsp3) is 0.667. The summed E-state index contributed by atoms with van der Waals surface area (Å²) in [7, 11) is 0. The molecule has 0 fully saturated rings. The van der Waals surface area contributed by atoms with Crippen LogP contribution in [0.3, 0.4) is 0 Å². The van der Waals surface area contributed by atoms with Gasteiger partial charge in [0.25, 0.3) is 0 Å². The van der Waals surface area contributed by atoms with Crippen molar-refractivity contribution in [1.29, 1.82) is 0 Å². The summed E-state index contributed by atoms with van der Waals surface area (Å²) in [5.74, 6) is -3.48. The molecule has 21 heavy (non-hydrogen) atoms. The van der Waals surface area contributed by atoms with E-state index in [1.807, 2.05) is 0 Å². The van der Waals surface area contributed by atoms with Gasteiger partial charge in [0.05, 0.1) is 0 Å². The number of carboxylic acids is 4. The van der Waals surface area contributed by atoms with Crippen molar-refractivity contribution in [2.75, 3.05) is 0 Å². The Morgan fingerprint density at radius 3 is 0.714 bits per heavy atom. The molecule has 0 rings (SSSR count). The van der Waals surface area contributed by atoms with Gasteiger partial charge < -0.3 is 20.4 Å². The van der Waals surface area contributed by atoms with Crippen LogP contribution in [0.1, 0.15) is 51.4 Å². The van der Waals surface area contributed by atoms with Gasteiger partial charge in [-0.05, 0) is 25.7 Å². The first kappa shape index (κ1) is 24.9. The van der Waals surface area contributed by atoms with Crippen molar-refractivity contribution in [2.24, 2.45) is 0 Å². The van der Waals surface area contributed by atoms with Crippen molar-refractivity contribution < 1.29 is 39.6 Å². The summed E-state index contributed by atoms with van der Waals surface area (Å²) in [4.78, 5) is 39.6. The van der Waals surface area contributed by atoms with Crippen LogP contribution in [0.5, 0.6) is 0 Å². The Bertz CT molecular complexity index is 265. The van der Waals surface area contributed by atoms with Crippen LogP contribution in [-0.2, 0) is 19.2 Å². The third kappa shape index (κ3) is 32.4. The van der Waals surface area contributed by atoms with Gasteiger partial charge in [-0.2, -0.15) is 0 Å². The molecular formula is C12H21NaO8. The Balaban J connectivity index is -0.000000295. The second-order valence-electron chi connectivity index (χ2n) is 3.99. The average molecular weight is 316 g/mol. The Morgan fingerprint density at radius 1 is 0.476 bits per heavy atom. The topological polar surface area (TPSA) is 149 Å². The van der Waals surface area contributed by atoms with E-state index in [0.29, 0.717) is 25.7 Å². The van der Waals surface area contributed by atoms with Crippen LogP contribution in [0.4, 0.5) is 0 Å². The maximum absolute atomic E-state index is 9.90. The van der Waals surface area contributed by atoms with Gasteiger partial charge in [-0.25, -0.2) is 0 Å². The summed E-state index contributed by atoms with van der Waals surface area (Å²) in [5.41, 5.74) is 0. The minimum absolute atomic E-state index is 0. The molecule has 9 heteroatoms. The van der Waals surface area contributed by atoms with Crippen LogP contribution in [-0.4, -0.2) is 73.9 Å². The monoisotopic (exact) mass is 316 g/mol. The van der Waals surface area contributed by atoms with Crippen molar-refractivity contribution >= 4 is 53.4 Å². The van der Waals surface area contributed by atoms with Gasteiger partial charge in [0.15, 0.2) is 0 Å². The molecule has 0 saturated heterocycles. The summed E-state index contributed by atoms with van der Waals surface area (Å²) >= 11 is 0. The number of hydrogen-bond acceptors (Lipinski definition) is 4. The maximum atomic E-state index is 9.90. The number of hydrogen-bond donors (Lipinski definition) is 4. The van der Waals surface area contributed by atoms with Gasteiger partial charge >= 0.3 is 53.4 Å². The van der Waals surface area contributed by atoms with E-state index in [1.54, 1.807) is 0 Å². The van der Waals surface area contributed by atoms with E-state index in [4.69, 9.17) is 20.4 Å². The first-order valence-corrected chi connectivity index (χ1v) is 6.13. The standard InChI is InChI=1S/2C6H10O4.Na.H/c2*7-5(8)3-1-2-4-6(9)10;;/h2*1-4H2,(H,7,8)(H,9,10);;. The second kappa shape index (κ2) is 16.9. The van der Waals surface area contributed by atoms with E-state index >= 15 is 0 Å². The number of carboxylic acid groups (broad SMARTS) is 4. The molecule has 118 valence electrons. The zero-order chi connectivity index (χ0) is 16.0. The Morgan fingerprint density at radius 2 is 0.619 bits per heavy atom. The average Bonchev–Trinajstić information content (AvgIpc) is 2.30. The molecule has 0 amide bonds. The molecule has 0 spiro atoms. The molecule has 0 aromatic heterocycles. The molecule has 0 unspecified atom stereocenters. The number of aliphatic carboxylic acids is 4. The van der Waals surface area contributed by atoms with Crippen LogP contribution < -0.4 is 0 Å². The third-order valence-electron chi connectivity index (χ3n) is 2.06. The second-order valence-corrected chi connectivity index (χ2v) is 3.99. The van der Waals surface area contributed by atoms with Gasteiger partial charge in [-0.3, -0.25) is 19.2 Å². The molecule has 0 bridgehead atoms. The van der Waals surface area contributed by atoms with Gasteiger partial charge in [-0.1, -0.05) is 0 Å². The molecule has 0 saturated carbocycles. The normalized spacial score (nSPS) is 8.76. The summed E-state index contributed by atoms with van der Waals surface area (Å²) in [6.07, 6.45) is 2.04. The van der Waals surface area contributed by atoms with Crippen LogP contribution in [0.25, 0.3) is 0 Å². The quantitative estimate of drug-likeness (QED) is 0.341. The van der Waals surface area contributed by atoms with Crippen LogP contribution in [0.15, 0.2) is 0 Å². The predicted octanol–water partition coefficient (Wildman–Crippen LogP) is 0.783. The molecule has 0 radical (unpaired) electrons. The van der Waals surface area contributed by atoms with E-state index in [2.05, 4.69) is 0 Å². The van der Waals surface area contributed by atoms with Crippen molar-refractivity contribution in [2.45, 2.75) is 51.4 Å². The minimum atomic E-state index is -0.870. The first-order valence-electron chi connectivity index (χ1n) is 6.13. The van der Waals surface area contributed by atoms with E-state index in [1.165, 1.54) is 0 Å². The SMILES string of the molecule is O=C(O)CCCCC(=O)O.O=C(O)CCCCC(=O)O.[NaH]. The van der Waals surface area contributed by atoms with Gasteiger partial charge in [0.1, 0.15) is 0 Å². The van der Waals surface area contributed by atoms with Crippen molar-refractivity contribution in [3.63, 3.8) is 0 Å². The third-order valence-corrected chi connectivity index (χ3v) is 2.06. The molecule has 0 atom stereocenters. The van der Waals surface area contributed by atoms with Gasteiger partial charge in [0, 0.05) is 25.7 Å². The van der Waals surface area contributed by atoms with Crippen molar-refractivity contribution in [3.8, 4) is 0 Å². The van der Waals surface area contributed by atoms with Crippen LogP contribution >= 0.6 is 0 Å². The van der Waals surface area contributed by atoms with Crippen molar-refractivity contribution in [1.82, 2.24) is 0 Å². The number of unbranched alkanes of at least 4 members (excludes halogenated alkanes) is 2.